The summed E-state index contributed by atoms with van der Waals surface area (Å²) in [7, 11) is 1.83. The van der Waals surface area contributed by atoms with Crippen LogP contribution in [-0.2, 0) is 6.54 Å². The third-order valence-electron chi connectivity index (χ3n) is 4.57. The molecule has 1 unspecified atom stereocenters. The highest BCUT2D eigenvalue weighted by atomic mass is 127. The summed E-state index contributed by atoms with van der Waals surface area (Å²) in [4.78, 5) is 6.78. The fourth-order valence-corrected chi connectivity index (χ4v) is 3.14. The van der Waals surface area contributed by atoms with Crippen molar-refractivity contribution in [3.63, 3.8) is 0 Å². The minimum absolute atomic E-state index is 0. The summed E-state index contributed by atoms with van der Waals surface area (Å²) in [5.74, 6) is 0.885. The zero-order valence-electron chi connectivity index (χ0n) is 15.6. The lowest BCUT2D eigenvalue weighted by Crippen LogP contribution is -2.45. The highest BCUT2D eigenvalue weighted by Gasteiger charge is 2.23. The number of guanidine groups is 1. The molecule has 26 heavy (non-hydrogen) atoms. The van der Waals surface area contributed by atoms with Crippen molar-refractivity contribution in [2.75, 3.05) is 31.6 Å². The first-order chi connectivity index (χ1) is 12.2. The molecule has 1 aromatic carbocycles. The number of aryl methyl sites for hydroxylation is 2. The van der Waals surface area contributed by atoms with Crippen molar-refractivity contribution in [2.24, 2.45) is 4.99 Å². The van der Waals surface area contributed by atoms with Gasteiger partial charge in [-0.1, -0.05) is 17.7 Å². The molecule has 0 spiro atoms. The summed E-state index contributed by atoms with van der Waals surface area (Å²) in [6.07, 6.45) is 5.95. The molecule has 3 rings (SSSR count). The van der Waals surface area contributed by atoms with Crippen molar-refractivity contribution in [3.05, 3.63) is 48.3 Å². The molecule has 1 aliphatic rings. The molecule has 0 aliphatic carbocycles. The van der Waals surface area contributed by atoms with Crippen molar-refractivity contribution < 1.29 is 0 Å². The van der Waals surface area contributed by atoms with Crippen LogP contribution in [0.4, 0.5) is 5.69 Å². The molecule has 1 atom stereocenters. The van der Waals surface area contributed by atoms with Crippen LogP contribution in [0.1, 0.15) is 18.4 Å². The summed E-state index contributed by atoms with van der Waals surface area (Å²) < 4.78 is 1.95. The topological polar surface area (TPSA) is 57.5 Å². The van der Waals surface area contributed by atoms with Crippen LogP contribution in [0.15, 0.2) is 47.7 Å². The predicted octanol–water partition coefficient (Wildman–Crippen LogP) is 2.64. The van der Waals surface area contributed by atoms with Crippen LogP contribution in [0.5, 0.6) is 0 Å². The Morgan fingerprint density at radius 3 is 2.81 bits per heavy atom. The fraction of sp³-hybridized carbons (Fsp3) is 0.474. The van der Waals surface area contributed by atoms with Crippen molar-refractivity contribution in [3.8, 4) is 0 Å². The number of rotatable bonds is 6. The lowest BCUT2D eigenvalue weighted by Gasteiger charge is -2.20. The molecule has 1 saturated heterocycles. The Bertz CT molecular complexity index is 668. The van der Waals surface area contributed by atoms with Gasteiger partial charge < -0.3 is 15.5 Å². The van der Waals surface area contributed by atoms with E-state index in [0.29, 0.717) is 6.04 Å². The van der Waals surface area contributed by atoms with E-state index in [2.05, 4.69) is 56.8 Å². The largest absolute Gasteiger partial charge is 0.369 e. The van der Waals surface area contributed by atoms with E-state index >= 15 is 0 Å². The van der Waals surface area contributed by atoms with Gasteiger partial charge in [-0.3, -0.25) is 9.67 Å². The van der Waals surface area contributed by atoms with Gasteiger partial charge in [0.2, 0.25) is 0 Å². The Labute approximate surface area is 173 Å². The van der Waals surface area contributed by atoms with Gasteiger partial charge in [-0.25, -0.2) is 0 Å². The van der Waals surface area contributed by atoms with Gasteiger partial charge in [0.05, 0.1) is 0 Å². The number of nitrogens with one attached hydrogen (secondary N) is 2. The second-order valence-corrected chi connectivity index (χ2v) is 6.53. The first-order valence-electron chi connectivity index (χ1n) is 9.01. The third-order valence-corrected chi connectivity index (χ3v) is 4.57. The molecule has 0 radical (unpaired) electrons. The van der Waals surface area contributed by atoms with Crippen LogP contribution >= 0.6 is 24.0 Å². The Hall–Kier alpha value is -1.77. The average Bonchev–Trinajstić information content (AvgIpc) is 3.30. The standard InChI is InChI=1S/C19H28N6.HI/c1-16-5-7-18(8-6-16)24-14-9-17(15-24)23-19(20-2)21-10-3-12-25-13-4-11-22-25;/h4-8,11,13,17H,3,9-10,12,14-15H2,1-2H3,(H2,20,21,23);1H. The van der Waals surface area contributed by atoms with E-state index in [-0.39, 0.29) is 24.0 Å². The number of aliphatic imine (C=N–C) groups is 1. The predicted molar refractivity (Wildman–Crippen MR) is 119 cm³/mol. The van der Waals surface area contributed by atoms with Crippen molar-refractivity contribution in [1.29, 1.82) is 0 Å². The number of benzene rings is 1. The lowest BCUT2D eigenvalue weighted by molar-refractivity contribution is 0.566. The molecule has 6 nitrogen and oxygen atoms in total. The molecule has 0 amide bonds. The van der Waals surface area contributed by atoms with Crippen LogP contribution in [0.25, 0.3) is 0 Å². The maximum atomic E-state index is 4.35. The van der Waals surface area contributed by atoms with E-state index in [1.165, 1.54) is 11.3 Å². The maximum Gasteiger partial charge on any atom is 0.191 e. The normalized spacial score (nSPS) is 17.1. The summed E-state index contributed by atoms with van der Waals surface area (Å²) >= 11 is 0. The first kappa shape index (κ1) is 20.5. The molecule has 0 saturated carbocycles. The minimum atomic E-state index is 0. The number of hydrogen-bond donors (Lipinski definition) is 2. The van der Waals surface area contributed by atoms with Gasteiger partial charge in [0, 0.05) is 57.3 Å². The van der Waals surface area contributed by atoms with E-state index in [9.17, 15) is 0 Å². The molecule has 0 bridgehead atoms. The van der Waals surface area contributed by atoms with Crippen LogP contribution < -0.4 is 15.5 Å². The Balaban J connectivity index is 0.00000243. The summed E-state index contributed by atoms with van der Waals surface area (Å²) in [5.41, 5.74) is 2.61. The summed E-state index contributed by atoms with van der Waals surface area (Å²) in [5, 5.41) is 11.2. The van der Waals surface area contributed by atoms with Gasteiger partial charge in [0.1, 0.15) is 0 Å². The number of anilines is 1. The Kier molecular flexibility index (Phi) is 8.21. The van der Waals surface area contributed by atoms with E-state index < -0.39 is 0 Å². The SMILES string of the molecule is CN=C(NCCCn1cccn1)NC1CCN(c2ccc(C)cc2)C1.I. The monoisotopic (exact) mass is 468 g/mol. The summed E-state index contributed by atoms with van der Waals surface area (Å²) in [6.45, 7) is 6.02. The number of hydrogen-bond acceptors (Lipinski definition) is 3. The zero-order valence-corrected chi connectivity index (χ0v) is 17.9. The van der Waals surface area contributed by atoms with E-state index in [1.54, 1.807) is 0 Å². The van der Waals surface area contributed by atoms with Crippen LogP contribution in [0.3, 0.4) is 0 Å². The van der Waals surface area contributed by atoms with Gasteiger partial charge in [-0.2, -0.15) is 5.10 Å². The van der Waals surface area contributed by atoms with Crippen molar-refractivity contribution in [1.82, 2.24) is 20.4 Å². The highest BCUT2D eigenvalue weighted by Crippen LogP contribution is 2.20. The zero-order chi connectivity index (χ0) is 17.5. The van der Waals surface area contributed by atoms with Gasteiger partial charge in [-0.15, -0.1) is 24.0 Å². The van der Waals surface area contributed by atoms with Gasteiger partial charge >= 0.3 is 0 Å². The van der Waals surface area contributed by atoms with Crippen molar-refractivity contribution in [2.45, 2.75) is 32.4 Å². The molecule has 1 aliphatic heterocycles. The van der Waals surface area contributed by atoms with Gasteiger partial charge in [-0.05, 0) is 38.0 Å². The molecular weight excluding hydrogens is 439 g/mol. The average molecular weight is 468 g/mol. The van der Waals surface area contributed by atoms with Crippen LogP contribution in [0.2, 0.25) is 0 Å². The maximum absolute atomic E-state index is 4.35. The lowest BCUT2D eigenvalue weighted by atomic mass is 10.2. The van der Waals surface area contributed by atoms with Crippen molar-refractivity contribution >= 4 is 35.6 Å². The number of nitrogens with zero attached hydrogens (tertiary/aromatic N) is 4. The number of halogens is 1. The first-order valence-corrected chi connectivity index (χ1v) is 9.01. The molecule has 7 heteroatoms. The quantitative estimate of drug-likeness (QED) is 0.296. The number of aromatic nitrogens is 2. The molecule has 2 heterocycles. The smallest absolute Gasteiger partial charge is 0.191 e. The molecular formula is C19H29IN6. The molecule has 142 valence electrons. The van der Waals surface area contributed by atoms with E-state index in [0.717, 1.165) is 45.0 Å². The van der Waals surface area contributed by atoms with Gasteiger partial charge in [0.25, 0.3) is 0 Å². The third kappa shape index (κ3) is 5.89. The second-order valence-electron chi connectivity index (χ2n) is 6.53. The summed E-state index contributed by atoms with van der Waals surface area (Å²) in [6, 6.07) is 11.2. The molecule has 2 aromatic rings. The molecule has 1 aromatic heterocycles. The highest BCUT2D eigenvalue weighted by molar-refractivity contribution is 14.0. The second kappa shape index (κ2) is 10.4. The molecule has 1 fully saturated rings. The Morgan fingerprint density at radius 1 is 1.31 bits per heavy atom. The van der Waals surface area contributed by atoms with Crippen LogP contribution in [-0.4, -0.2) is 48.5 Å². The van der Waals surface area contributed by atoms with E-state index in [1.807, 2.05) is 30.2 Å². The fourth-order valence-electron chi connectivity index (χ4n) is 3.14. The minimum Gasteiger partial charge on any atom is -0.369 e. The van der Waals surface area contributed by atoms with E-state index in [4.69, 9.17) is 0 Å². The Morgan fingerprint density at radius 2 is 2.12 bits per heavy atom. The van der Waals surface area contributed by atoms with Gasteiger partial charge in [0.15, 0.2) is 5.96 Å². The molecule has 2 N–H and O–H groups in total. The van der Waals surface area contributed by atoms with Crippen LogP contribution in [0, 0.1) is 6.92 Å².